The van der Waals surface area contributed by atoms with Crippen molar-refractivity contribution >= 4 is 27.7 Å². The standard InChI is InChI=1S/C26H25N3O4/c1-15(30)10-24(31)29-9-8-18-21(13-29)27-20(11-16-6-7-22-23(12-16)33-14-32-22)26-25(18)17-4-2-3-5-19(17)28-26/h2-7,12,15,28,30H,8-11,13-14H2,1H3. The number of para-hydroxylation sites is 1. The Morgan fingerprint density at radius 3 is 2.94 bits per heavy atom. The number of aliphatic hydroxyl groups is 1. The maximum atomic E-state index is 12.6. The summed E-state index contributed by atoms with van der Waals surface area (Å²) in [5.41, 5.74) is 6.32. The van der Waals surface area contributed by atoms with Crippen molar-refractivity contribution in [2.24, 2.45) is 0 Å². The fourth-order valence-corrected chi connectivity index (χ4v) is 4.98. The van der Waals surface area contributed by atoms with Crippen LogP contribution in [0.2, 0.25) is 0 Å². The Kier molecular flexibility index (Phi) is 4.73. The third-order valence-corrected chi connectivity index (χ3v) is 6.52. The first-order valence-electron chi connectivity index (χ1n) is 11.3. The monoisotopic (exact) mass is 443 g/mol. The Labute approximate surface area is 190 Å². The van der Waals surface area contributed by atoms with Crippen molar-refractivity contribution in [1.29, 1.82) is 0 Å². The van der Waals surface area contributed by atoms with Gasteiger partial charge in [0.1, 0.15) is 0 Å². The summed E-state index contributed by atoms with van der Waals surface area (Å²) in [5, 5.41) is 12.1. The molecule has 2 aromatic heterocycles. The summed E-state index contributed by atoms with van der Waals surface area (Å²) in [7, 11) is 0. The number of carbonyl (C=O) groups excluding carboxylic acids is 1. The number of hydrogen-bond acceptors (Lipinski definition) is 5. The van der Waals surface area contributed by atoms with Crippen LogP contribution in [0.1, 0.15) is 35.9 Å². The van der Waals surface area contributed by atoms with Gasteiger partial charge in [0, 0.05) is 29.3 Å². The number of aromatic nitrogens is 2. The van der Waals surface area contributed by atoms with Crippen molar-refractivity contribution in [3.63, 3.8) is 0 Å². The predicted octanol–water partition coefficient (Wildman–Crippen LogP) is 3.69. The topological polar surface area (TPSA) is 87.7 Å². The maximum absolute atomic E-state index is 12.6. The summed E-state index contributed by atoms with van der Waals surface area (Å²) >= 11 is 0. The number of aromatic amines is 1. The van der Waals surface area contributed by atoms with Gasteiger partial charge in [-0.1, -0.05) is 24.3 Å². The Morgan fingerprint density at radius 1 is 1.21 bits per heavy atom. The Balaban J connectivity index is 1.46. The highest BCUT2D eigenvalue weighted by Gasteiger charge is 2.27. The number of amides is 1. The number of H-pyrrole nitrogens is 1. The van der Waals surface area contributed by atoms with E-state index in [1.54, 1.807) is 6.92 Å². The van der Waals surface area contributed by atoms with Crippen molar-refractivity contribution in [3.05, 3.63) is 65.0 Å². The first-order valence-corrected chi connectivity index (χ1v) is 11.3. The highest BCUT2D eigenvalue weighted by Crippen LogP contribution is 2.37. The smallest absolute Gasteiger partial charge is 0.231 e. The van der Waals surface area contributed by atoms with E-state index in [9.17, 15) is 9.90 Å². The minimum absolute atomic E-state index is 0.0335. The van der Waals surface area contributed by atoms with Crippen molar-refractivity contribution in [2.45, 2.75) is 38.8 Å². The molecule has 2 N–H and O–H groups in total. The van der Waals surface area contributed by atoms with Gasteiger partial charge in [0.15, 0.2) is 11.5 Å². The SMILES string of the molecule is CC(O)CC(=O)N1CCc2c(nc(Cc3ccc4c(c3)OCO4)c3[nH]c4ccccc4c23)C1. The van der Waals surface area contributed by atoms with E-state index in [2.05, 4.69) is 23.2 Å². The quantitative estimate of drug-likeness (QED) is 0.502. The molecule has 0 fully saturated rings. The lowest BCUT2D eigenvalue weighted by Crippen LogP contribution is -2.38. The molecule has 0 saturated heterocycles. The lowest BCUT2D eigenvalue weighted by molar-refractivity contribution is -0.134. The van der Waals surface area contributed by atoms with Gasteiger partial charge in [0.25, 0.3) is 0 Å². The van der Waals surface area contributed by atoms with E-state index >= 15 is 0 Å². The van der Waals surface area contributed by atoms with E-state index in [-0.39, 0.29) is 19.1 Å². The van der Waals surface area contributed by atoms with Gasteiger partial charge in [-0.2, -0.15) is 0 Å². The molecule has 0 aliphatic carbocycles. The Bertz CT molecular complexity index is 1390. The number of nitrogens with one attached hydrogen (secondary N) is 1. The van der Waals surface area contributed by atoms with Crippen molar-refractivity contribution < 1.29 is 19.4 Å². The van der Waals surface area contributed by atoms with Crippen LogP contribution in [0.15, 0.2) is 42.5 Å². The summed E-state index contributed by atoms with van der Waals surface area (Å²) in [4.78, 5) is 23.1. The number of carbonyl (C=O) groups is 1. The Morgan fingerprint density at radius 2 is 2.06 bits per heavy atom. The van der Waals surface area contributed by atoms with Crippen molar-refractivity contribution in [3.8, 4) is 11.5 Å². The number of rotatable bonds is 4. The fraction of sp³-hybridized carbons (Fsp3) is 0.308. The number of fused-ring (bicyclic) bond motifs is 6. The summed E-state index contributed by atoms with van der Waals surface area (Å²) in [6, 6.07) is 14.3. The van der Waals surface area contributed by atoms with Gasteiger partial charge in [-0.3, -0.25) is 9.78 Å². The molecule has 0 saturated carbocycles. The molecule has 0 radical (unpaired) electrons. The second-order valence-corrected chi connectivity index (χ2v) is 8.89. The van der Waals surface area contributed by atoms with Crippen LogP contribution in [0.5, 0.6) is 11.5 Å². The maximum Gasteiger partial charge on any atom is 0.231 e. The van der Waals surface area contributed by atoms with Crippen molar-refractivity contribution in [2.75, 3.05) is 13.3 Å². The normalized spacial score (nSPS) is 15.8. The third-order valence-electron chi connectivity index (χ3n) is 6.52. The van der Waals surface area contributed by atoms with E-state index in [0.29, 0.717) is 19.5 Å². The second-order valence-electron chi connectivity index (χ2n) is 8.89. The van der Waals surface area contributed by atoms with Crippen LogP contribution >= 0.6 is 0 Å². The average Bonchev–Trinajstić information content (AvgIpc) is 3.43. The van der Waals surface area contributed by atoms with Crippen LogP contribution in [0.4, 0.5) is 0 Å². The molecule has 6 rings (SSSR count). The van der Waals surface area contributed by atoms with E-state index in [4.69, 9.17) is 14.5 Å². The van der Waals surface area contributed by atoms with Gasteiger partial charge in [-0.05, 0) is 42.7 Å². The molecule has 1 atom stereocenters. The highest BCUT2D eigenvalue weighted by atomic mass is 16.7. The van der Waals surface area contributed by atoms with Crippen LogP contribution in [0.3, 0.4) is 0 Å². The Hall–Kier alpha value is -3.58. The molecule has 0 spiro atoms. The van der Waals surface area contributed by atoms with Crippen LogP contribution in [-0.2, 0) is 24.2 Å². The van der Waals surface area contributed by atoms with Crippen LogP contribution in [-0.4, -0.2) is 45.3 Å². The van der Waals surface area contributed by atoms with E-state index in [0.717, 1.165) is 45.9 Å². The summed E-state index contributed by atoms with van der Waals surface area (Å²) < 4.78 is 11.0. The third kappa shape index (κ3) is 3.49. The zero-order chi connectivity index (χ0) is 22.5. The van der Waals surface area contributed by atoms with Gasteiger partial charge < -0.3 is 24.5 Å². The van der Waals surface area contributed by atoms with Crippen LogP contribution in [0.25, 0.3) is 21.8 Å². The molecule has 4 aromatic rings. The largest absolute Gasteiger partial charge is 0.454 e. The number of hydrogen-bond donors (Lipinski definition) is 2. The van der Waals surface area contributed by atoms with Gasteiger partial charge >= 0.3 is 0 Å². The summed E-state index contributed by atoms with van der Waals surface area (Å²) in [6.45, 7) is 2.99. The number of benzene rings is 2. The lowest BCUT2D eigenvalue weighted by atomic mass is 9.96. The second kappa shape index (κ2) is 7.78. The first-order chi connectivity index (χ1) is 16.1. The molecule has 7 heteroatoms. The van der Waals surface area contributed by atoms with E-state index in [1.807, 2.05) is 29.2 Å². The van der Waals surface area contributed by atoms with Crippen molar-refractivity contribution in [1.82, 2.24) is 14.9 Å². The zero-order valence-corrected chi connectivity index (χ0v) is 18.4. The highest BCUT2D eigenvalue weighted by molar-refractivity contribution is 6.10. The zero-order valence-electron chi connectivity index (χ0n) is 18.4. The molecule has 4 heterocycles. The molecule has 2 aliphatic heterocycles. The molecule has 0 bridgehead atoms. The fourth-order valence-electron chi connectivity index (χ4n) is 4.98. The molecule has 1 unspecified atom stereocenters. The molecule has 1 amide bonds. The first kappa shape index (κ1) is 20.1. The molecule has 2 aliphatic rings. The molecule has 7 nitrogen and oxygen atoms in total. The molecule has 2 aromatic carbocycles. The molecule has 168 valence electrons. The number of aliphatic hydroxyl groups excluding tert-OH is 1. The minimum Gasteiger partial charge on any atom is -0.454 e. The molecular weight excluding hydrogens is 418 g/mol. The molecular formula is C26H25N3O4. The van der Waals surface area contributed by atoms with Gasteiger partial charge in [-0.25, -0.2) is 0 Å². The van der Waals surface area contributed by atoms with Crippen LogP contribution in [0, 0.1) is 0 Å². The summed E-state index contributed by atoms with van der Waals surface area (Å²) in [6.07, 6.45) is 0.865. The van der Waals surface area contributed by atoms with Gasteiger partial charge in [0.2, 0.25) is 12.7 Å². The van der Waals surface area contributed by atoms with Gasteiger partial charge in [0.05, 0.1) is 36.0 Å². The minimum atomic E-state index is -0.649. The average molecular weight is 444 g/mol. The van der Waals surface area contributed by atoms with E-state index in [1.165, 1.54) is 16.3 Å². The van der Waals surface area contributed by atoms with E-state index < -0.39 is 6.10 Å². The van der Waals surface area contributed by atoms with Crippen LogP contribution < -0.4 is 9.47 Å². The van der Waals surface area contributed by atoms with Gasteiger partial charge in [-0.15, -0.1) is 0 Å². The summed E-state index contributed by atoms with van der Waals surface area (Å²) in [5.74, 6) is 1.49. The lowest BCUT2D eigenvalue weighted by Gasteiger charge is -2.29. The molecule has 33 heavy (non-hydrogen) atoms. The predicted molar refractivity (Wildman–Crippen MR) is 124 cm³/mol. The number of ether oxygens (including phenoxy) is 2. The number of nitrogens with zero attached hydrogens (tertiary/aromatic N) is 2. The number of pyridine rings is 1.